The van der Waals surface area contributed by atoms with Gasteiger partial charge in [0.1, 0.15) is 5.60 Å². The van der Waals surface area contributed by atoms with E-state index in [0.29, 0.717) is 11.3 Å². The maximum Gasteiger partial charge on any atom is 0.338 e. The smallest absolute Gasteiger partial charge is 0.338 e. The van der Waals surface area contributed by atoms with E-state index >= 15 is 0 Å². The summed E-state index contributed by atoms with van der Waals surface area (Å²) in [5.41, 5.74) is 3.26. The van der Waals surface area contributed by atoms with E-state index in [-0.39, 0.29) is 18.4 Å². The number of nitrogens with zero attached hydrogens (tertiary/aromatic N) is 2. The molecule has 2 aromatic rings. The van der Waals surface area contributed by atoms with Crippen molar-refractivity contribution in [2.24, 2.45) is 4.99 Å². The zero-order valence-corrected chi connectivity index (χ0v) is 21.6. The van der Waals surface area contributed by atoms with Crippen LogP contribution in [-0.4, -0.2) is 27.5 Å². The average molecular weight is 490 g/mol. The standard InChI is InChI=1S/C28H31N3O3S/c1-18(20-12-8-6-9-13-20)29-23(32)16-22-17-35-27-30-19(2)24(26(33)34-28(3,4)5)25(31(22)27)21-14-10-7-11-15-21/h6-15,17-18,25H,16H2,1-5H3,(H,29,32). The third kappa shape index (κ3) is 5.68. The van der Waals surface area contributed by atoms with E-state index in [2.05, 4.69) is 5.32 Å². The van der Waals surface area contributed by atoms with Crippen LogP contribution in [0.25, 0.3) is 0 Å². The van der Waals surface area contributed by atoms with E-state index in [1.807, 2.05) is 106 Å². The largest absolute Gasteiger partial charge is 0.456 e. The summed E-state index contributed by atoms with van der Waals surface area (Å²) in [6, 6.07) is 19.1. The van der Waals surface area contributed by atoms with E-state index in [1.54, 1.807) is 0 Å². The van der Waals surface area contributed by atoms with Crippen molar-refractivity contribution < 1.29 is 14.3 Å². The molecule has 0 saturated carbocycles. The van der Waals surface area contributed by atoms with Crippen LogP contribution in [-0.2, 0) is 14.3 Å². The van der Waals surface area contributed by atoms with Crippen LogP contribution in [0.2, 0.25) is 0 Å². The molecule has 2 aliphatic heterocycles. The van der Waals surface area contributed by atoms with Crippen molar-refractivity contribution in [3.63, 3.8) is 0 Å². The fraction of sp³-hybridized carbons (Fsp3) is 0.321. The molecule has 1 amide bonds. The minimum absolute atomic E-state index is 0.0913. The van der Waals surface area contributed by atoms with Crippen LogP contribution in [0.4, 0.5) is 0 Å². The number of hydrogen-bond acceptors (Lipinski definition) is 6. The van der Waals surface area contributed by atoms with Gasteiger partial charge in [0.25, 0.3) is 0 Å². The normalized spacial score (nSPS) is 18.4. The fourth-order valence-corrected chi connectivity index (χ4v) is 5.16. The summed E-state index contributed by atoms with van der Waals surface area (Å²) in [7, 11) is 0. The number of carbonyl (C=O) groups is 2. The zero-order valence-electron chi connectivity index (χ0n) is 20.7. The van der Waals surface area contributed by atoms with Gasteiger partial charge < -0.3 is 15.0 Å². The van der Waals surface area contributed by atoms with Gasteiger partial charge in [-0.3, -0.25) is 4.79 Å². The molecule has 0 bridgehead atoms. The van der Waals surface area contributed by atoms with Crippen molar-refractivity contribution in [3.8, 4) is 0 Å². The molecule has 0 fully saturated rings. The predicted octanol–water partition coefficient (Wildman–Crippen LogP) is 5.87. The first-order chi connectivity index (χ1) is 16.6. The van der Waals surface area contributed by atoms with Crippen LogP contribution in [0, 0.1) is 0 Å². The number of aliphatic imine (C=N–C) groups is 1. The number of fused-ring (bicyclic) bond motifs is 1. The molecule has 7 heteroatoms. The van der Waals surface area contributed by atoms with Gasteiger partial charge in [0.2, 0.25) is 5.91 Å². The first kappa shape index (κ1) is 24.8. The molecule has 2 aliphatic rings. The van der Waals surface area contributed by atoms with Gasteiger partial charge in [0, 0.05) is 5.70 Å². The third-order valence-corrected chi connectivity index (χ3v) is 6.64. The lowest BCUT2D eigenvalue weighted by Crippen LogP contribution is -2.39. The topological polar surface area (TPSA) is 71.0 Å². The molecular formula is C28H31N3O3S. The maximum absolute atomic E-state index is 13.3. The van der Waals surface area contributed by atoms with E-state index < -0.39 is 17.6 Å². The molecule has 2 atom stereocenters. The molecule has 4 rings (SSSR count). The zero-order chi connectivity index (χ0) is 25.2. The molecule has 0 aliphatic carbocycles. The average Bonchev–Trinajstić information content (AvgIpc) is 3.19. The van der Waals surface area contributed by atoms with Crippen molar-refractivity contribution in [2.45, 2.75) is 58.7 Å². The number of amidine groups is 1. The minimum atomic E-state index is -0.637. The molecule has 1 N–H and O–H groups in total. The van der Waals surface area contributed by atoms with Gasteiger partial charge in [0.05, 0.1) is 29.8 Å². The van der Waals surface area contributed by atoms with Gasteiger partial charge in [-0.2, -0.15) is 0 Å². The second-order valence-electron chi connectivity index (χ2n) is 9.68. The Kier molecular flexibility index (Phi) is 7.17. The van der Waals surface area contributed by atoms with Crippen LogP contribution >= 0.6 is 11.8 Å². The Bertz CT molecular complexity index is 1200. The third-order valence-electron chi connectivity index (χ3n) is 5.75. The first-order valence-corrected chi connectivity index (χ1v) is 12.6. The summed E-state index contributed by atoms with van der Waals surface area (Å²) in [6.07, 6.45) is 0.174. The highest BCUT2D eigenvalue weighted by Crippen LogP contribution is 2.45. The highest BCUT2D eigenvalue weighted by molar-refractivity contribution is 8.16. The molecule has 6 nitrogen and oxygen atoms in total. The van der Waals surface area contributed by atoms with Gasteiger partial charge in [-0.1, -0.05) is 72.4 Å². The molecule has 182 valence electrons. The highest BCUT2D eigenvalue weighted by Gasteiger charge is 2.41. The summed E-state index contributed by atoms with van der Waals surface area (Å²) in [5, 5.41) is 5.79. The van der Waals surface area contributed by atoms with Crippen LogP contribution in [0.5, 0.6) is 0 Å². The number of ether oxygens (including phenoxy) is 1. The number of benzene rings is 2. The number of thioether (sulfide) groups is 1. The van der Waals surface area contributed by atoms with Crippen molar-refractivity contribution in [1.29, 1.82) is 0 Å². The Labute approximate surface area is 211 Å². The number of esters is 1. The van der Waals surface area contributed by atoms with E-state index in [0.717, 1.165) is 22.0 Å². The second kappa shape index (κ2) is 10.1. The Morgan fingerprint density at radius 2 is 1.71 bits per heavy atom. The summed E-state index contributed by atoms with van der Waals surface area (Å²) in [5.74, 6) is -0.489. The van der Waals surface area contributed by atoms with Crippen molar-refractivity contribution in [3.05, 3.63) is 94.2 Å². The molecule has 35 heavy (non-hydrogen) atoms. The van der Waals surface area contributed by atoms with Gasteiger partial charge in [-0.25, -0.2) is 9.79 Å². The lowest BCUT2D eigenvalue weighted by atomic mass is 9.93. The van der Waals surface area contributed by atoms with Crippen LogP contribution < -0.4 is 5.32 Å². The first-order valence-electron chi connectivity index (χ1n) is 11.7. The number of allylic oxidation sites excluding steroid dienone is 1. The summed E-state index contributed by atoms with van der Waals surface area (Å²) < 4.78 is 5.77. The number of nitrogens with one attached hydrogen (secondary N) is 1. The fourth-order valence-electron chi connectivity index (χ4n) is 4.20. The molecule has 2 heterocycles. The van der Waals surface area contributed by atoms with Crippen LogP contribution in [0.3, 0.4) is 0 Å². The van der Waals surface area contributed by atoms with E-state index in [9.17, 15) is 9.59 Å². The van der Waals surface area contributed by atoms with Crippen LogP contribution in [0.15, 0.2) is 88.0 Å². The summed E-state index contributed by atoms with van der Waals surface area (Å²) in [4.78, 5) is 33.1. The SMILES string of the molecule is CC1=C(C(=O)OC(C)(C)C)C(c2ccccc2)N2C(CC(=O)NC(C)c3ccccc3)=CSC2=N1. The highest BCUT2D eigenvalue weighted by atomic mass is 32.2. The Morgan fingerprint density at radius 3 is 2.34 bits per heavy atom. The molecule has 2 unspecified atom stereocenters. The maximum atomic E-state index is 13.3. The number of rotatable bonds is 6. The number of carbonyl (C=O) groups excluding carboxylic acids is 2. The lowest BCUT2D eigenvalue weighted by molar-refractivity contribution is -0.150. The van der Waals surface area contributed by atoms with Crippen molar-refractivity contribution in [2.75, 3.05) is 0 Å². The molecule has 0 radical (unpaired) electrons. The number of amides is 1. The minimum Gasteiger partial charge on any atom is -0.456 e. The van der Waals surface area contributed by atoms with E-state index in [4.69, 9.17) is 9.73 Å². The summed E-state index contributed by atoms with van der Waals surface area (Å²) >= 11 is 1.47. The molecule has 0 saturated heterocycles. The molecule has 2 aromatic carbocycles. The second-order valence-corrected chi connectivity index (χ2v) is 10.5. The van der Waals surface area contributed by atoms with E-state index in [1.165, 1.54) is 11.8 Å². The van der Waals surface area contributed by atoms with Gasteiger partial charge in [-0.15, -0.1) is 0 Å². The van der Waals surface area contributed by atoms with Crippen LogP contribution in [0.1, 0.15) is 64.3 Å². The Hall–Kier alpha value is -3.32. The molecule has 0 aromatic heterocycles. The lowest BCUT2D eigenvalue weighted by Gasteiger charge is -2.37. The molecule has 0 spiro atoms. The Morgan fingerprint density at radius 1 is 1.09 bits per heavy atom. The van der Waals surface area contributed by atoms with Gasteiger partial charge in [0.15, 0.2) is 5.17 Å². The molecular weight excluding hydrogens is 458 g/mol. The van der Waals surface area contributed by atoms with Crippen molar-refractivity contribution in [1.82, 2.24) is 10.2 Å². The predicted molar refractivity (Wildman–Crippen MR) is 140 cm³/mol. The van der Waals surface area contributed by atoms with Gasteiger partial charge in [-0.05, 0) is 51.2 Å². The number of hydrogen-bond donors (Lipinski definition) is 1. The Balaban J connectivity index is 1.62. The summed E-state index contributed by atoms with van der Waals surface area (Å²) in [6.45, 7) is 9.37. The monoisotopic (exact) mass is 489 g/mol. The van der Waals surface area contributed by atoms with Gasteiger partial charge >= 0.3 is 5.97 Å². The quantitative estimate of drug-likeness (QED) is 0.514. The van der Waals surface area contributed by atoms with Crippen molar-refractivity contribution >= 4 is 28.8 Å².